The second-order valence-corrected chi connectivity index (χ2v) is 7.91. The Bertz CT molecular complexity index is 872. The first-order valence-electron chi connectivity index (χ1n) is 7.14. The zero-order valence-corrected chi connectivity index (χ0v) is 15.4. The first kappa shape index (κ1) is 18.5. The van der Waals surface area contributed by atoms with Crippen LogP contribution in [-0.4, -0.2) is 16.5 Å². The predicted molar refractivity (Wildman–Crippen MR) is 97.5 cm³/mol. The molecule has 0 radical (unpaired) electrons. The zero-order valence-electron chi connectivity index (χ0n) is 12.4. The van der Waals surface area contributed by atoms with E-state index in [4.69, 9.17) is 46.4 Å². The minimum Gasteiger partial charge on any atom is -0.326 e. The Balaban J connectivity index is 1.80. The highest BCUT2D eigenvalue weighted by Gasteiger charge is 2.67. The van der Waals surface area contributed by atoms with Gasteiger partial charge in [-0.25, -0.2) is 4.39 Å². The van der Waals surface area contributed by atoms with Crippen LogP contribution < -0.4 is 5.32 Å². The molecule has 130 valence electrons. The topological polar surface area (TPSA) is 46.2 Å². The molecule has 1 fully saturated rings. The van der Waals surface area contributed by atoms with Gasteiger partial charge in [-0.2, -0.15) is 0 Å². The summed E-state index contributed by atoms with van der Waals surface area (Å²) < 4.78 is 12.0. The molecule has 0 heterocycles. The lowest BCUT2D eigenvalue weighted by atomic mass is 10.1. The Morgan fingerprint density at radius 3 is 2.48 bits per heavy atom. The molecule has 1 aliphatic rings. The van der Waals surface area contributed by atoms with Gasteiger partial charge < -0.3 is 5.32 Å². The number of halogens is 5. The van der Waals surface area contributed by atoms with Crippen LogP contribution in [0.25, 0.3) is 0 Å². The smallest absolute Gasteiger partial charge is 0.231 e. The van der Waals surface area contributed by atoms with Crippen molar-refractivity contribution in [3.8, 4) is 0 Å². The van der Waals surface area contributed by atoms with E-state index in [0.29, 0.717) is 17.5 Å². The van der Waals surface area contributed by atoms with E-state index in [2.05, 4.69) is 5.32 Å². The summed E-state index contributed by atoms with van der Waals surface area (Å²) in [7, 11) is 0. The van der Waals surface area contributed by atoms with Gasteiger partial charge in [0, 0.05) is 17.2 Å². The van der Waals surface area contributed by atoms with E-state index in [1.165, 1.54) is 30.3 Å². The Kier molecular flexibility index (Phi) is 5.00. The molecular weight excluding hydrogens is 411 g/mol. The summed E-state index contributed by atoms with van der Waals surface area (Å²) in [6.45, 7) is 0. The van der Waals surface area contributed by atoms with E-state index < -0.39 is 27.9 Å². The number of amides is 1. The van der Waals surface area contributed by atoms with Crippen LogP contribution >= 0.6 is 46.4 Å². The predicted octanol–water partition coefficient (Wildman–Crippen LogP) is 5.47. The number of aldehydes is 1. The quantitative estimate of drug-likeness (QED) is 0.526. The number of nitrogens with one attached hydrogen (secondary N) is 1. The third kappa shape index (κ3) is 3.49. The van der Waals surface area contributed by atoms with Gasteiger partial charge in [-0.3, -0.25) is 9.59 Å². The van der Waals surface area contributed by atoms with Crippen LogP contribution in [0.15, 0.2) is 36.4 Å². The van der Waals surface area contributed by atoms with Gasteiger partial charge in [-0.1, -0.05) is 29.3 Å². The highest BCUT2D eigenvalue weighted by Crippen LogP contribution is 2.65. The normalized spacial score (nSPS) is 20.8. The molecule has 3 rings (SSSR count). The highest BCUT2D eigenvalue weighted by molar-refractivity contribution is 6.53. The summed E-state index contributed by atoms with van der Waals surface area (Å²) in [4.78, 5) is 23.4. The Morgan fingerprint density at radius 2 is 1.84 bits per heavy atom. The van der Waals surface area contributed by atoms with Gasteiger partial charge in [0.1, 0.15) is 10.2 Å². The molecule has 0 aromatic heterocycles. The monoisotopic (exact) mass is 419 g/mol. The van der Waals surface area contributed by atoms with Crippen molar-refractivity contribution < 1.29 is 14.0 Å². The van der Waals surface area contributed by atoms with Gasteiger partial charge in [-0.15, -0.1) is 23.2 Å². The van der Waals surface area contributed by atoms with Gasteiger partial charge in [0.05, 0.1) is 16.0 Å². The van der Waals surface area contributed by atoms with E-state index in [1.54, 1.807) is 6.07 Å². The van der Waals surface area contributed by atoms with Crippen LogP contribution in [0.1, 0.15) is 21.8 Å². The molecule has 0 bridgehead atoms. The Labute approximate surface area is 163 Å². The molecule has 1 amide bonds. The van der Waals surface area contributed by atoms with Gasteiger partial charge in [0.25, 0.3) is 0 Å². The number of alkyl halides is 2. The van der Waals surface area contributed by atoms with Gasteiger partial charge in [0.15, 0.2) is 6.29 Å². The lowest BCUT2D eigenvalue weighted by molar-refractivity contribution is -0.117. The molecule has 2 unspecified atom stereocenters. The van der Waals surface area contributed by atoms with Crippen LogP contribution in [0.4, 0.5) is 10.1 Å². The third-order valence-corrected chi connectivity index (χ3v) is 5.60. The minimum atomic E-state index is -1.33. The molecule has 1 aliphatic carbocycles. The van der Waals surface area contributed by atoms with Crippen LogP contribution in [0, 0.1) is 11.7 Å². The summed E-state index contributed by atoms with van der Waals surface area (Å²) in [6.07, 6.45) is 0.589. The SMILES string of the molecule is O=Cc1cc(NC(=O)C2C(c3ccc(F)c(Cl)c3)C2(Cl)Cl)ccc1Cl. The van der Waals surface area contributed by atoms with Crippen molar-refractivity contribution in [3.05, 3.63) is 63.4 Å². The molecule has 2 aromatic rings. The first-order valence-corrected chi connectivity index (χ1v) is 8.65. The maximum atomic E-state index is 13.3. The maximum Gasteiger partial charge on any atom is 0.231 e. The van der Waals surface area contributed by atoms with Crippen molar-refractivity contribution in [2.75, 3.05) is 5.32 Å². The standard InChI is InChI=1S/C17H10Cl4FNO2/c18-11-3-2-10(5-9(11)7-24)23-16(25)15-14(17(15,20)21)8-1-4-13(22)12(19)6-8/h1-7,14-15H,(H,23,25). The number of carbonyl (C=O) groups is 2. The first-order chi connectivity index (χ1) is 11.8. The number of hydrogen-bond donors (Lipinski definition) is 1. The van der Waals surface area contributed by atoms with E-state index >= 15 is 0 Å². The molecule has 2 aromatic carbocycles. The lowest BCUT2D eigenvalue weighted by Gasteiger charge is -2.06. The average molecular weight is 421 g/mol. The molecule has 0 aliphatic heterocycles. The summed E-state index contributed by atoms with van der Waals surface area (Å²) in [5.74, 6) is -2.25. The second-order valence-electron chi connectivity index (χ2n) is 5.65. The Morgan fingerprint density at radius 1 is 1.12 bits per heavy atom. The highest BCUT2D eigenvalue weighted by atomic mass is 35.5. The molecule has 1 N–H and O–H groups in total. The Hall–Kier alpha value is -1.33. The molecule has 2 atom stereocenters. The molecule has 1 saturated carbocycles. The van der Waals surface area contributed by atoms with Crippen molar-refractivity contribution in [3.63, 3.8) is 0 Å². The van der Waals surface area contributed by atoms with Crippen LogP contribution in [-0.2, 0) is 4.79 Å². The minimum absolute atomic E-state index is 0.0685. The van der Waals surface area contributed by atoms with Crippen molar-refractivity contribution in [2.24, 2.45) is 5.92 Å². The number of anilines is 1. The van der Waals surface area contributed by atoms with Crippen LogP contribution in [0.5, 0.6) is 0 Å². The van der Waals surface area contributed by atoms with E-state index in [0.717, 1.165) is 0 Å². The number of carbonyl (C=O) groups excluding carboxylic acids is 2. The van der Waals surface area contributed by atoms with Gasteiger partial charge >= 0.3 is 0 Å². The summed E-state index contributed by atoms with van der Waals surface area (Å²) in [5, 5.41) is 2.87. The molecule has 3 nitrogen and oxygen atoms in total. The van der Waals surface area contributed by atoms with Gasteiger partial charge in [0.2, 0.25) is 5.91 Å². The molecular formula is C17H10Cl4FNO2. The van der Waals surface area contributed by atoms with Crippen molar-refractivity contribution >= 4 is 64.3 Å². The fraction of sp³-hybridized carbons (Fsp3) is 0.176. The van der Waals surface area contributed by atoms with Crippen LogP contribution in [0.3, 0.4) is 0 Å². The summed E-state index contributed by atoms with van der Waals surface area (Å²) in [6, 6.07) is 8.60. The maximum absolute atomic E-state index is 13.3. The summed E-state index contributed by atoms with van der Waals surface area (Å²) >= 11 is 24.1. The largest absolute Gasteiger partial charge is 0.326 e. The van der Waals surface area contributed by atoms with Crippen LogP contribution in [0.2, 0.25) is 10.0 Å². The van der Waals surface area contributed by atoms with E-state index in [-0.39, 0.29) is 15.6 Å². The van der Waals surface area contributed by atoms with E-state index in [1.807, 2.05) is 0 Å². The summed E-state index contributed by atoms with van der Waals surface area (Å²) in [5.41, 5.74) is 1.21. The second kappa shape index (κ2) is 6.76. The molecule has 0 spiro atoms. The van der Waals surface area contributed by atoms with Crippen molar-refractivity contribution in [1.82, 2.24) is 0 Å². The molecule has 25 heavy (non-hydrogen) atoms. The number of rotatable bonds is 4. The van der Waals surface area contributed by atoms with Crippen molar-refractivity contribution in [2.45, 2.75) is 10.3 Å². The zero-order chi connectivity index (χ0) is 18.4. The van der Waals surface area contributed by atoms with E-state index in [9.17, 15) is 14.0 Å². The molecule has 0 saturated heterocycles. The van der Waals surface area contributed by atoms with Gasteiger partial charge in [-0.05, 0) is 35.9 Å². The van der Waals surface area contributed by atoms with Crippen molar-refractivity contribution in [1.29, 1.82) is 0 Å². The number of benzene rings is 2. The lowest BCUT2D eigenvalue weighted by Crippen LogP contribution is -2.17. The average Bonchev–Trinajstić information content (AvgIpc) is 3.14. The number of hydrogen-bond acceptors (Lipinski definition) is 2. The fourth-order valence-corrected chi connectivity index (χ4v) is 3.88. The fourth-order valence-electron chi connectivity index (χ4n) is 2.71. The molecule has 8 heteroatoms. The third-order valence-electron chi connectivity index (χ3n) is 4.03.